The molecule has 158 valence electrons. The molecule has 0 aliphatic heterocycles. The van der Waals surface area contributed by atoms with E-state index < -0.39 is 15.9 Å². The summed E-state index contributed by atoms with van der Waals surface area (Å²) >= 11 is 6.21. The molecule has 0 fully saturated rings. The summed E-state index contributed by atoms with van der Waals surface area (Å²) in [6.45, 7) is 2.14. The van der Waals surface area contributed by atoms with Crippen LogP contribution < -0.4 is 4.72 Å². The second kappa shape index (κ2) is 9.21. The lowest BCUT2D eigenvalue weighted by Crippen LogP contribution is -2.27. The summed E-state index contributed by atoms with van der Waals surface area (Å²) in [6, 6.07) is 19.9. The average Bonchev–Trinajstić information content (AvgIpc) is 2.73. The predicted octanol–water partition coefficient (Wildman–Crippen LogP) is 4.59. The zero-order valence-electron chi connectivity index (χ0n) is 17.0. The number of halogens is 1. The van der Waals surface area contributed by atoms with Crippen molar-refractivity contribution < 1.29 is 13.2 Å². The summed E-state index contributed by atoms with van der Waals surface area (Å²) in [5.74, 6) is -0.415. The fourth-order valence-corrected chi connectivity index (χ4v) is 4.27. The number of hydrogen-bond donors (Lipinski definition) is 1. The third-order valence-corrected chi connectivity index (χ3v) is 6.31. The van der Waals surface area contributed by atoms with E-state index in [2.05, 4.69) is 4.72 Å². The van der Waals surface area contributed by atoms with E-state index in [-0.39, 0.29) is 22.0 Å². The summed E-state index contributed by atoms with van der Waals surface area (Å²) < 4.78 is 28.1. The number of anilines is 1. The molecular formula is C23H20ClN3O3S. The first-order valence-electron chi connectivity index (χ1n) is 9.33. The van der Waals surface area contributed by atoms with Gasteiger partial charge in [-0.25, -0.2) is 8.42 Å². The number of sulfonamides is 1. The molecule has 3 aromatic rings. The van der Waals surface area contributed by atoms with Gasteiger partial charge in [-0.2, -0.15) is 5.26 Å². The molecule has 0 atom stereocenters. The highest BCUT2D eigenvalue weighted by Crippen LogP contribution is 2.24. The van der Waals surface area contributed by atoms with Crippen molar-refractivity contribution in [2.45, 2.75) is 18.4 Å². The van der Waals surface area contributed by atoms with E-state index in [1.807, 2.05) is 19.1 Å². The van der Waals surface area contributed by atoms with Gasteiger partial charge in [0.05, 0.1) is 27.1 Å². The van der Waals surface area contributed by atoms with Crippen LogP contribution >= 0.6 is 11.6 Å². The topological polar surface area (TPSA) is 90.3 Å². The highest BCUT2D eigenvalue weighted by Gasteiger charge is 2.21. The molecule has 0 aromatic heterocycles. The van der Waals surface area contributed by atoms with E-state index in [0.29, 0.717) is 11.3 Å². The Balaban J connectivity index is 1.83. The first-order chi connectivity index (χ1) is 14.7. The number of amides is 1. The third kappa shape index (κ3) is 5.43. The van der Waals surface area contributed by atoms with E-state index in [4.69, 9.17) is 16.9 Å². The maximum absolute atomic E-state index is 12.9. The quantitative estimate of drug-likeness (QED) is 0.590. The minimum absolute atomic E-state index is 0.0615. The van der Waals surface area contributed by atoms with Gasteiger partial charge in [-0.05, 0) is 60.5 Å². The third-order valence-electron chi connectivity index (χ3n) is 4.60. The molecule has 0 spiro atoms. The van der Waals surface area contributed by atoms with Crippen LogP contribution in [0.1, 0.15) is 27.0 Å². The predicted molar refractivity (Wildman–Crippen MR) is 120 cm³/mol. The molecule has 0 unspecified atom stereocenters. The van der Waals surface area contributed by atoms with Crippen LogP contribution in [0.2, 0.25) is 5.02 Å². The first kappa shape index (κ1) is 22.3. The van der Waals surface area contributed by atoms with Crippen molar-refractivity contribution in [2.75, 3.05) is 11.8 Å². The van der Waals surface area contributed by atoms with Crippen molar-refractivity contribution >= 4 is 33.2 Å². The van der Waals surface area contributed by atoms with Crippen LogP contribution in [0.15, 0.2) is 71.6 Å². The average molecular weight is 454 g/mol. The van der Waals surface area contributed by atoms with Crippen molar-refractivity contribution in [3.63, 3.8) is 0 Å². The summed E-state index contributed by atoms with van der Waals surface area (Å²) in [5.41, 5.74) is 2.79. The number of hydrogen-bond acceptors (Lipinski definition) is 4. The lowest BCUT2D eigenvalue weighted by Gasteiger charge is -2.19. The van der Waals surface area contributed by atoms with Crippen LogP contribution in [0, 0.1) is 18.3 Å². The second-order valence-corrected chi connectivity index (χ2v) is 9.18. The summed E-state index contributed by atoms with van der Waals surface area (Å²) in [4.78, 5) is 14.3. The smallest absolute Gasteiger partial charge is 0.261 e. The SMILES string of the molecule is Cc1cccc(NS(=O)(=O)c2ccc(Cl)c(C(=O)N(C)Cc3ccc(C#N)cc3)c2)c1. The standard InChI is InChI=1S/C23H20ClN3O3S/c1-16-4-3-5-19(12-16)26-31(29,30)20-10-11-22(24)21(13-20)23(28)27(2)15-18-8-6-17(14-25)7-9-18/h3-13,26H,15H2,1-2H3. The van der Waals surface area contributed by atoms with Crippen LogP contribution in [0.4, 0.5) is 5.69 Å². The van der Waals surface area contributed by atoms with E-state index in [1.54, 1.807) is 49.5 Å². The van der Waals surface area contributed by atoms with E-state index in [9.17, 15) is 13.2 Å². The van der Waals surface area contributed by atoms with Crippen LogP contribution in [-0.2, 0) is 16.6 Å². The number of nitrogens with zero attached hydrogens (tertiary/aromatic N) is 2. The normalized spacial score (nSPS) is 10.9. The second-order valence-electron chi connectivity index (χ2n) is 7.09. The van der Waals surface area contributed by atoms with Gasteiger partial charge in [-0.1, -0.05) is 35.9 Å². The number of rotatable bonds is 6. The summed E-state index contributed by atoms with van der Waals surface area (Å²) in [7, 11) is -2.30. The highest BCUT2D eigenvalue weighted by molar-refractivity contribution is 7.92. The Hall–Kier alpha value is -3.34. The molecule has 8 heteroatoms. The van der Waals surface area contributed by atoms with Crippen LogP contribution in [-0.4, -0.2) is 26.3 Å². The first-order valence-corrected chi connectivity index (χ1v) is 11.2. The zero-order chi connectivity index (χ0) is 22.6. The van der Waals surface area contributed by atoms with Gasteiger partial charge >= 0.3 is 0 Å². The van der Waals surface area contributed by atoms with Gasteiger partial charge < -0.3 is 4.90 Å². The Morgan fingerprint density at radius 3 is 2.45 bits per heavy atom. The fraction of sp³-hybridized carbons (Fsp3) is 0.130. The van der Waals surface area contributed by atoms with Crippen LogP contribution in [0.5, 0.6) is 0 Å². The Morgan fingerprint density at radius 2 is 1.81 bits per heavy atom. The molecule has 3 rings (SSSR count). The molecule has 3 aromatic carbocycles. The molecule has 31 heavy (non-hydrogen) atoms. The summed E-state index contributed by atoms with van der Waals surface area (Å²) in [6.07, 6.45) is 0. The monoisotopic (exact) mass is 453 g/mol. The van der Waals surface area contributed by atoms with Gasteiger partial charge in [0.1, 0.15) is 0 Å². The number of aryl methyl sites for hydroxylation is 1. The molecule has 1 amide bonds. The fourth-order valence-electron chi connectivity index (χ4n) is 2.99. The summed E-state index contributed by atoms with van der Waals surface area (Å²) in [5, 5.41) is 9.05. The van der Waals surface area contributed by atoms with Gasteiger partial charge in [0, 0.05) is 19.3 Å². The largest absolute Gasteiger partial charge is 0.337 e. The molecule has 6 nitrogen and oxygen atoms in total. The molecule has 0 aliphatic rings. The minimum atomic E-state index is -3.91. The van der Waals surface area contributed by atoms with Crippen molar-refractivity contribution in [3.05, 3.63) is 94.0 Å². The number of nitriles is 1. The van der Waals surface area contributed by atoms with Crippen molar-refractivity contribution in [2.24, 2.45) is 0 Å². The van der Waals surface area contributed by atoms with E-state index >= 15 is 0 Å². The Labute approximate surface area is 186 Å². The lowest BCUT2D eigenvalue weighted by atomic mass is 10.1. The number of nitrogens with one attached hydrogen (secondary N) is 1. The molecule has 0 heterocycles. The molecular weight excluding hydrogens is 434 g/mol. The number of carbonyl (C=O) groups excluding carboxylic acids is 1. The maximum Gasteiger partial charge on any atom is 0.261 e. The number of carbonyl (C=O) groups is 1. The van der Waals surface area contributed by atoms with Crippen LogP contribution in [0.3, 0.4) is 0 Å². The van der Waals surface area contributed by atoms with Gasteiger partial charge in [0.15, 0.2) is 0 Å². The highest BCUT2D eigenvalue weighted by atomic mass is 35.5. The minimum Gasteiger partial charge on any atom is -0.337 e. The maximum atomic E-state index is 12.9. The van der Waals surface area contributed by atoms with Gasteiger partial charge in [-0.15, -0.1) is 0 Å². The lowest BCUT2D eigenvalue weighted by molar-refractivity contribution is 0.0785. The van der Waals surface area contributed by atoms with Crippen LogP contribution in [0.25, 0.3) is 0 Å². The van der Waals surface area contributed by atoms with Crippen molar-refractivity contribution in [3.8, 4) is 6.07 Å². The van der Waals surface area contributed by atoms with Gasteiger partial charge in [0.2, 0.25) is 0 Å². The zero-order valence-corrected chi connectivity index (χ0v) is 18.5. The molecule has 1 N–H and O–H groups in total. The Morgan fingerprint density at radius 1 is 1.10 bits per heavy atom. The Bertz CT molecular complexity index is 1270. The van der Waals surface area contributed by atoms with E-state index in [1.165, 1.54) is 23.1 Å². The molecule has 0 aliphatic carbocycles. The molecule has 0 bridgehead atoms. The molecule has 0 saturated carbocycles. The number of benzene rings is 3. The molecule has 0 radical (unpaired) electrons. The molecule has 0 saturated heterocycles. The van der Waals surface area contributed by atoms with Crippen molar-refractivity contribution in [1.82, 2.24) is 4.90 Å². The van der Waals surface area contributed by atoms with E-state index in [0.717, 1.165) is 11.1 Å². The van der Waals surface area contributed by atoms with Gasteiger partial charge in [-0.3, -0.25) is 9.52 Å². The van der Waals surface area contributed by atoms with Gasteiger partial charge in [0.25, 0.3) is 15.9 Å². The van der Waals surface area contributed by atoms with Crippen molar-refractivity contribution in [1.29, 1.82) is 5.26 Å². The Kier molecular flexibility index (Phi) is 6.64.